The van der Waals surface area contributed by atoms with Crippen LogP contribution in [-0.4, -0.2) is 67.8 Å². The van der Waals surface area contributed by atoms with Gasteiger partial charge in [-0.05, 0) is 53.7 Å². The molecule has 1 aliphatic heterocycles. The molecule has 0 bridgehead atoms. The standard InChI is InChI=1S/C20H33N3O3S/c1-15(2)23(16(3)4)20(24)18(6)21-11-13-22(14-12-21)27(25,26)19-9-7-17(5)8-10-19/h7-10,15-16,18H,11-14H2,1-6H3/p+1/t18-/m0/s1. The second-order valence-electron chi connectivity index (χ2n) is 8.03. The zero-order valence-corrected chi connectivity index (χ0v) is 18.2. The van der Waals surface area contributed by atoms with E-state index >= 15 is 0 Å². The number of quaternary nitrogens is 1. The van der Waals surface area contributed by atoms with E-state index in [0.29, 0.717) is 31.1 Å². The number of carbonyl (C=O) groups is 1. The van der Waals surface area contributed by atoms with E-state index in [-0.39, 0.29) is 24.0 Å². The molecule has 1 aromatic rings. The Morgan fingerprint density at radius 2 is 1.48 bits per heavy atom. The van der Waals surface area contributed by atoms with E-state index in [2.05, 4.69) is 0 Å². The van der Waals surface area contributed by atoms with E-state index in [1.165, 1.54) is 0 Å². The molecule has 0 spiro atoms. The summed E-state index contributed by atoms with van der Waals surface area (Å²) in [6.45, 7) is 14.2. The molecule has 2 rings (SSSR count). The number of carbonyl (C=O) groups excluding carboxylic acids is 1. The summed E-state index contributed by atoms with van der Waals surface area (Å²) in [4.78, 5) is 16.3. The third-order valence-electron chi connectivity index (χ3n) is 5.37. The third-order valence-corrected chi connectivity index (χ3v) is 7.29. The number of nitrogens with zero attached hydrogens (tertiary/aromatic N) is 2. The van der Waals surface area contributed by atoms with E-state index in [1.807, 2.05) is 58.6 Å². The summed E-state index contributed by atoms with van der Waals surface area (Å²) in [5.74, 6) is 0.143. The second-order valence-corrected chi connectivity index (χ2v) is 9.97. The maximum Gasteiger partial charge on any atom is 0.281 e. The lowest BCUT2D eigenvalue weighted by molar-refractivity contribution is -0.918. The van der Waals surface area contributed by atoms with Gasteiger partial charge in [0.1, 0.15) is 0 Å². The van der Waals surface area contributed by atoms with E-state index in [9.17, 15) is 13.2 Å². The lowest BCUT2D eigenvalue weighted by Gasteiger charge is -2.38. The zero-order valence-electron chi connectivity index (χ0n) is 17.4. The van der Waals surface area contributed by atoms with Crippen LogP contribution in [0.2, 0.25) is 0 Å². The van der Waals surface area contributed by atoms with Crippen LogP contribution in [0.15, 0.2) is 29.2 Å². The minimum atomic E-state index is -3.47. The fourth-order valence-corrected chi connectivity index (χ4v) is 5.25. The first-order valence-corrected chi connectivity index (χ1v) is 11.2. The molecule has 1 aliphatic rings. The highest BCUT2D eigenvalue weighted by molar-refractivity contribution is 7.89. The lowest BCUT2D eigenvalue weighted by atomic mass is 10.1. The highest BCUT2D eigenvalue weighted by Crippen LogP contribution is 2.16. The van der Waals surface area contributed by atoms with Crippen LogP contribution >= 0.6 is 0 Å². The average molecular weight is 397 g/mol. The molecule has 0 aliphatic carbocycles. The molecule has 1 aromatic carbocycles. The van der Waals surface area contributed by atoms with Crippen molar-refractivity contribution >= 4 is 15.9 Å². The van der Waals surface area contributed by atoms with Gasteiger partial charge in [-0.25, -0.2) is 8.42 Å². The molecule has 0 unspecified atom stereocenters. The molecule has 152 valence electrons. The highest BCUT2D eigenvalue weighted by atomic mass is 32.2. The third kappa shape index (κ3) is 4.89. The van der Waals surface area contributed by atoms with E-state index in [4.69, 9.17) is 0 Å². The topological polar surface area (TPSA) is 62.1 Å². The molecular weight excluding hydrogens is 362 g/mol. The summed E-state index contributed by atoms with van der Waals surface area (Å²) >= 11 is 0. The van der Waals surface area contributed by atoms with Gasteiger partial charge in [0.2, 0.25) is 10.0 Å². The summed E-state index contributed by atoms with van der Waals surface area (Å²) in [6.07, 6.45) is 0. The number of amides is 1. The molecule has 27 heavy (non-hydrogen) atoms. The number of nitrogens with one attached hydrogen (secondary N) is 1. The quantitative estimate of drug-likeness (QED) is 0.778. The Morgan fingerprint density at radius 3 is 1.93 bits per heavy atom. The van der Waals surface area contributed by atoms with Crippen LogP contribution in [0.4, 0.5) is 0 Å². The SMILES string of the molecule is Cc1ccc(S(=O)(=O)N2CC[NH+]([C@@H](C)C(=O)N(C(C)C)C(C)C)CC2)cc1. The molecule has 1 fully saturated rings. The van der Waals surface area contributed by atoms with Crippen molar-refractivity contribution in [3.8, 4) is 0 Å². The number of sulfonamides is 1. The summed E-state index contributed by atoms with van der Waals surface area (Å²) in [5.41, 5.74) is 1.04. The maximum atomic E-state index is 12.9. The van der Waals surface area contributed by atoms with Gasteiger partial charge in [0, 0.05) is 12.1 Å². The lowest BCUT2D eigenvalue weighted by Crippen LogP contribution is -3.19. The normalized spacial score (nSPS) is 18.1. The van der Waals surface area contributed by atoms with Crippen LogP contribution in [0.3, 0.4) is 0 Å². The van der Waals surface area contributed by atoms with Crippen molar-refractivity contribution in [1.82, 2.24) is 9.21 Å². The number of hydrogen-bond acceptors (Lipinski definition) is 3. The van der Waals surface area contributed by atoms with Crippen LogP contribution in [0.5, 0.6) is 0 Å². The minimum Gasteiger partial charge on any atom is -0.333 e. The van der Waals surface area contributed by atoms with E-state index in [1.54, 1.807) is 16.4 Å². The van der Waals surface area contributed by atoms with Gasteiger partial charge in [-0.15, -0.1) is 0 Å². The first-order chi connectivity index (χ1) is 12.6. The molecule has 7 heteroatoms. The average Bonchev–Trinajstić information content (AvgIpc) is 2.61. The smallest absolute Gasteiger partial charge is 0.281 e. The molecule has 0 aromatic heterocycles. The minimum absolute atomic E-state index is 0.143. The predicted octanol–water partition coefficient (Wildman–Crippen LogP) is 0.918. The summed E-state index contributed by atoms with van der Waals surface area (Å²) in [6, 6.07) is 7.12. The van der Waals surface area contributed by atoms with Crippen LogP contribution in [0.25, 0.3) is 0 Å². The first kappa shape index (κ1) is 21.9. The van der Waals surface area contributed by atoms with Crippen molar-refractivity contribution in [1.29, 1.82) is 0 Å². The fraction of sp³-hybridized carbons (Fsp3) is 0.650. The summed E-state index contributed by atoms with van der Waals surface area (Å²) < 4.78 is 27.2. The van der Waals surface area contributed by atoms with Crippen LogP contribution < -0.4 is 4.90 Å². The Balaban J connectivity index is 2.04. The Kier molecular flexibility index (Phi) is 7.05. The van der Waals surface area contributed by atoms with Crippen molar-refractivity contribution < 1.29 is 18.1 Å². The molecule has 0 saturated carbocycles. The highest BCUT2D eigenvalue weighted by Gasteiger charge is 2.36. The Bertz CT molecular complexity index is 728. The monoisotopic (exact) mass is 396 g/mol. The maximum absolute atomic E-state index is 12.9. The Morgan fingerprint density at radius 1 is 1.00 bits per heavy atom. The van der Waals surface area contributed by atoms with Crippen LogP contribution in [-0.2, 0) is 14.8 Å². The van der Waals surface area contributed by atoms with Crippen molar-refractivity contribution in [3.05, 3.63) is 29.8 Å². The van der Waals surface area contributed by atoms with Gasteiger partial charge < -0.3 is 9.80 Å². The molecule has 1 N–H and O–H groups in total. The predicted molar refractivity (Wildman–Crippen MR) is 107 cm³/mol. The van der Waals surface area contributed by atoms with Crippen LogP contribution in [0, 0.1) is 6.92 Å². The van der Waals surface area contributed by atoms with Gasteiger partial charge in [-0.1, -0.05) is 17.7 Å². The molecule has 1 amide bonds. The molecule has 1 saturated heterocycles. The number of rotatable bonds is 6. The van der Waals surface area contributed by atoms with E-state index in [0.717, 1.165) is 10.5 Å². The second kappa shape index (κ2) is 8.71. The first-order valence-electron chi connectivity index (χ1n) is 9.79. The van der Waals surface area contributed by atoms with Crippen LogP contribution in [0.1, 0.15) is 40.2 Å². The molecule has 1 heterocycles. The molecule has 1 atom stereocenters. The number of piperazine rings is 1. The van der Waals surface area contributed by atoms with Crippen molar-refractivity contribution in [2.24, 2.45) is 0 Å². The zero-order chi connectivity index (χ0) is 20.4. The molecule has 6 nitrogen and oxygen atoms in total. The molecule has 0 radical (unpaired) electrons. The van der Waals surface area contributed by atoms with Gasteiger partial charge in [0.25, 0.3) is 5.91 Å². The van der Waals surface area contributed by atoms with Gasteiger partial charge in [-0.3, -0.25) is 4.79 Å². The van der Waals surface area contributed by atoms with E-state index < -0.39 is 10.0 Å². The number of aryl methyl sites for hydroxylation is 1. The number of benzene rings is 1. The molecular formula is C20H34N3O3S+. The van der Waals surface area contributed by atoms with Crippen molar-refractivity contribution in [2.75, 3.05) is 26.2 Å². The van der Waals surface area contributed by atoms with Gasteiger partial charge >= 0.3 is 0 Å². The summed E-state index contributed by atoms with van der Waals surface area (Å²) in [7, 11) is -3.47. The van der Waals surface area contributed by atoms with Gasteiger partial charge in [-0.2, -0.15) is 4.31 Å². The fourth-order valence-electron chi connectivity index (χ4n) is 3.81. The summed E-state index contributed by atoms with van der Waals surface area (Å²) in [5, 5.41) is 0. The van der Waals surface area contributed by atoms with Gasteiger partial charge in [0.05, 0.1) is 31.1 Å². The Labute approximate surface area is 164 Å². The van der Waals surface area contributed by atoms with Gasteiger partial charge in [0.15, 0.2) is 6.04 Å². The van der Waals surface area contributed by atoms with Crippen molar-refractivity contribution in [3.63, 3.8) is 0 Å². The van der Waals surface area contributed by atoms with Crippen molar-refractivity contribution in [2.45, 2.75) is 64.6 Å². The largest absolute Gasteiger partial charge is 0.333 e. The number of hydrogen-bond donors (Lipinski definition) is 1. The Hall–Kier alpha value is -1.44.